The molecule has 0 saturated carbocycles. The number of ether oxygens (including phenoxy) is 1. The van der Waals surface area contributed by atoms with Crippen LogP contribution in [0.5, 0.6) is 5.75 Å². The summed E-state index contributed by atoms with van der Waals surface area (Å²) >= 11 is 0. The van der Waals surface area contributed by atoms with E-state index in [1.54, 1.807) is 13.4 Å². The number of anilines is 1. The number of benzene rings is 2. The van der Waals surface area contributed by atoms with Gasteiger partial charge in [0.05, 0.1) is 18.8 Å². The highest BCUT2D eigenvalue weighted by Gasteiger charge is 2.37. The number of aromatic nitrogens is 2. The second kappa shape index (κ2) is 6.84. The van der Waals surface area contributed by atoms with Crippen molar-refractivity contribution >= 4 is 17.5 Å². The maximum absolute atomic E-state index is 5.41. The average Bonchev–Trinajstić information content (AvgIpc) is 3.43. The van der Waals surface area contributed by atoms with Gasteiger partial charge in [-0.2, -0.15) is 0 Å². The van der Waals surface area contributed by atoms with Crippen molar-refractivity contribution in [2.45, 2.75) is 25.3 Å². The summed E-state index contributed by atoms with van der Waals surface area (Å²) in [5, 5.41) is 0. The van der Waals surface area contributed by atoms with Crippen molar-refractivity contribution in [1.29, 1.82) is 0 Å². The highest BCUT2D eigenvalue weighted by molar-refractivity contribution is 5.81. The summed E-state index contributed by atoms with van der Waals surface area (Å²) in [6.45, 7) is 0.946. The zero-order chi connectivity index (χ0) is 20.1. The molecule has 1 atom stereocenters. The van der Waals surface area contributed by atoms with E-state index < -0.39 is 0 Å². The standard InChI is InChI=1S/C26H23N3O/c1-30-19-11-9-17(10-12-19)25-23-15-18-5-2-3-6-20(18)21(23)13-14-29(25)26-22-7-4-8-24(22)27-16-28-26/h2-7,9-12,16,25H,8,13-15H2,1H3. The summed E-state index contributed by atoms with van der Waals surface area (Å²) in [5.74, 6) is 1.94. The largest absolute Gasteiger partial charge is 0.497 e. The van der Waals surface area contributed by atoms with E-state index in [0.717, 1.165) is 43.1 Å². The number of hydrogen-bond acceptors (Lipinski definition) is 4. The second-order valence-corrected chi connectivity index (χ2v) is 8.12. The molecule has 148 valence electrons. The molecule has 3 aromatic rings. The highest BCUT2D eigenvalue weighted by Crippen LogP contribution is 2.48. The lowest BCUT2D eigenvalue weighted by molar-refractivity contribution is 0.414. The van der Waals surface area contributed by atoms with E-state index in [1.807, 2.05) is 0 Å². The predicted octanol–water partition coefficient (Wildman–Crippen LogP) is 5.02. The molecule has 30 heavy (non-hydrogen) atoms. The zero-order valence-corrected chi connectivity index (χ0v) is 17.0. The molecule has 1 aromatic heterocycles. The van der Waals surface area contributed by atoms with Crippen LogP contribution in [0.4, 0.5) is 5.82 Å². The van der Waals surface area contributed by atoms with Crippen LogP contribution in [0.2, 0.25) is 0 Å². The van der Waals surface area contributed by atoms with E-state index in [-0.39, 0.29) is 6.04 Å². The Kier molecular flexibility index (Phi) is 3.98. The summed E-state index contributed by atoms with van der Waals surface area (Å²) < 4.78 is 5.41. The van der Waals surface area contributed by atoms with Crippen molar-refractivity contribution in [2.75, 3.05) is 18.6 Å². The lowest BCUT2D eigenvalue weighted by Crippen LogP contribution is -2.36. The van der Waals surface area contributed by atoms with E-state index >= 15 is 0 Å². The van der Waals surface area contributed by atoms with Crippen LogP contribution in [0.25, 0.3) is 11.6 Å². The average molecular weight is 393 g/mol. The van der Waals surface area contributed by atoms with Crippen LogP contribution >= 0.6 is 0 Å². The Morgan fingerprint density at radius 1 is 1.03 bits per heavy atom. The molecule has 3 aliphatic rings. The van der Waals surface area contributed by atoms with Crippen molar-refractivity contribution in [1.82, 2.24) is 9.97 Å². The molecule has 2 aliphatic carbocycles. The van der Waals surface area contributed by atoms with Crippen molar-refractivity contribution < 1.29 is 4.74 Å². The van der Waals surface area contributed by atoms with Crippen LogP contribution in [0, 0.1) is 0 Å². The SMILES string of the molecule is COc1ccc(C2C3=C(CCN2c2ncnc4c2C=CC4)c2ccccc2C3)cc1. The summed E-state index contributed by atoms with van der Waals surface area (Å²) in [7, 11) is 1.71. The molecule has 0 spiro atoms. The third-order valence-electron chi connectivity index (χ3n) is 6.60. The van der Waals surface area contributed by atoms with Gasteiger partial charge in [-0.1, -0.05) is 48.6 Å². The topological polar surface area (TPSA) is 38.2 Å². The molecule has 4 heteroatoms. The minimum atomic E-state index is 0.167. The van der Waals surface area contributed by atoms with Gasteiger partial charge < -0.3 is 9.64 Å². The summed E-state index contributed by atoms with van der Waals surface area (Å²) in [6.07, 6.45) is 9.03. The minimum absolute atomic E-state index is 0.167. The molecule has 0 bridgehead atoms. The summed E-state index contributed by atoms with van der Waals surface area (Å²) in [4.78, 5) is 11.8. The Balaban J connectivity index is 1.51. The van der Waals surface area contributed by atoms with Gasteiger partial charge in [0.25, 0.3) is 0 Å². The summed E-state index contributed by atoms with van der Waals surface area (Å²) in [6, 6.07) is 17.6. The Labute approximate surface area is 176 Å². The third-order valence-corrected chi connectivity index (χ3v) is 6.60. The number of hydrogen-bond donors (Lipinski definition) is 0. The van der Waals surface area contributed by atoms with Gasteiger partial charge in [0, 0.05) is 18.5 Å². The Morgan fingerprint density at radius 2 is 1.90 bits per heavy atom. The van der Waals surface area contributed by atoms with Gasteiger partial charge in [0.15, 0.2) is 0 Å². The van der Waals surface area contributed by atoms with Gasteiger partial charge in [-0.3, -0.25) is 0 Å². The number of allylic oxidation sites excluding steroid dienone is 1. The Morgan fingerprint density at radius 3 is 2.77 bits per heavy atom. The van der Waals surface area contributed by atoms with E-state index in [1.165, 1.54) is 33.4 Å². The molecule has 1 unspecified atom stereocenters. The lowest BCUT2D eigenvalue weighted by atomic mass is 9.88. The maximum Gasteiger partial charge on any atom is 0.140 e. The Bertz CT molecular complexity index is 1190. The molecule has 2 heterocycles. The van der Waals surface area contributed by atoms with Gasteiger partial charge in [-0.05, 0) is 52.8 Å². The normalized spacial score (nSPS) is 19.0. The quantitative estimate of drug-likeness (QED) is 0.627. The molecule has 0 radical (unpaired) electrons. The van der Waals surface area contributed by atoms with Crippen molar-refractivity contribution in [3.63, 3.8) is 0 Å². The number of methoxy groups -OCH3 is 1. The van der Waals surface area contributed by atoms with Crippen LogP contribution in [-0.4, -0.2) is 23.6 Å². The third kappa shape index (κ3) is 2.60. The fourth-order valence-electron chi connectivity index (χ4n) is 5.23. The smallest absolute Gasteiger partial charge is 0.140 e. The Hall–Kier alpha value is -3.40. The monoisotopic (exact) mass is 393 g/mol. The fourth-order valence-corrected chi connectivity index (χ4v) is 5.23. The van der Waals surface area contributed by atoms with E-state index in [9.17, 15) is 0 Å². The van der Waals surface area contributed by atoms with Gasteiger partial charge in [0.2, 0.25) is 0 Å². The van der Waals surface area contributed by atoms with Gasteiger partial charge in [0.1, 0.15) is 17.9 Å². The number of rotatable bonds is 3. The van der Waals surface area contributed by atoms with E-state index in [0.29, 0.717) is 0 Å². The summed E-state index contributed by atoms with van der Waals surface area (Å²) in [5.41, 5.74) is 9.48. The minimum Gasteiger partial charge on any atom is -0.497 e. The van der Waals surface area contributed by atoms with Crippen molar-refractivity contribution in [3.8, 4) is 5.75 Å². The molecular weight excluding hydrogens is 370 g/mol. The van der Waals surface area contributed by atoms with Crippen molar-refractivity contribution in [2.24, 2.45) is 0 Å². The molecule has 2 aromatic carbocycles. The first-order valence-electron chi connectivity index (χ1n) is 10.5. The number of nitrogens with zero attached hydrogens (tertiary/aromatic N) is 3. The molecule has 0 amide bonds. The fraction of sp³-hybridized carbons (Fsp3) is 0.231. The van der Waals surface area contributed by atoms with Crippen molar-refractivity contribution in [3.05, 3.63) is 94.5 Å². The molecule has 0 N–H and O–H groups in total. The van der Waals surface area contributed by atoms with Crippen LogP contribution in [0.15, 0.2) is 66.5 Å². The van der Waals surface area contributed by atoms with Crippen LogP contribution in [0.3, 0.4) is 0 Å². The molecule has 4 nitrogen and oxygen atoms in total. The predicted molar refractivity (Wildman–Crippen MR) is 120 cm³/mol. The first-order chi connectivity index (χ1) is 14.8. The molecule has 6 rings (SSSR count). The maximum atomic E-state index is 5.41. The molecular formula is C26H23N3O. The van der Waals surface area contributed by atoms with Crippen LogP contribution < -0.4 is 9.64 Å². The van der Waals surface area contributed by atoms with Gasteiger partial charge in [-0.25, -0.2) is 9.97 Å². The van der Waals surface area contributed by atoms with Crippen LogP contribution in [0.1, 0.15) is 40.4 Å². The first kappa shape index (κ1) is 17.5. The lowest BCUT2D eigenvalue weighted by Gasteiger charge is -2.39. The molecule has 0 fully saturated rings. The second-order valence-electron chi connectivity index (χ2n) is 8.12. The number of fused-ring (bicyclic) bond motifs is 3. The zero-order valence-electron chi connectivity index (χ0n) is 17.0. The van der Waals surface area contributed by atoms with E-state index in [4.69, 9.17) is 9.72 Å². The molecule has 1 aliphatic heterocycles. The van der Waals surface area contributed by atoms with Crippen LogP contribution in [-0.2, 0) is 12.8 Å². The first-order valence-corrected chi connectivity index (χ1v) is 10.5. The van der Waals surface area contributed by atoms with Gasteiger partial charge in [-0.15, -0.1) is 0 Å². The van der Waals surface area contributed by atoms with Gasteiger partial charge >= 0.3 is 0 Å². The van der Waals surface area contributed by atoms with E-state index in [2.05, 4.69) is 70.6 Å². The highest BCUT2D eigenvalue weighted by atomic mass is 16.5. The molecule has 0 saturated heterocycles.